The lowest BCUT2D eigenvalue weighted by Gasteiger charge is -2.19. The van der Waals surface area contributed by atoms with Crippen LogP contribution in [0.25, 0.3) is 0 Å². The maximum Gasteiger partial charge on any atom is 0.125 e. The van der Waals surface area contributed by atoms with Crippen LogP contribution in [-0.2, 0) is 4.79 Å². The summed E-state index contributed by atoms with van der Waals surface area (Å²) in [5, 5.41) is 9.05. The smallest absolute Gasteiger partial charge is 0.125 e. The number of hydrogen-bond acceptors (Lipinski definition) is 2. The van der Waals surface area contributed by atoms with E-state index in [1.807, 2.05) is 0 Å². The molecule has 0 aromatic heterocycles. The summed E-state index contributed by atoms with van der Waals surface area (Å²) in [5.74, 6) is -0.275. The largest absolute Gasteiger partial charge is 0.390 e. The highest BCUT2D eigenvalue weighted by Gasteiger charge is 2.20. The van der Waals surface area contributed by atoms with E-state index in [1.165, 1.54) is 0 Å². The molecule has 8 heavy (non-hydrogen) atoms. The Hall–Kier alpha value is -0.370. The van der Waals surface area contributed by atoms with Crippen LogP contribution in [0.3, 0.4) is 0 Å². The van der Waals surface area contributed by atoms with E-state index in [0.29, 0.717) is 0 Å². The van der Waals surface area contributed by atoms with Gasteiger partial charge < -0.3 is 9.90 Å². The van der Waals surface area contributed by atoms with Crippen molar-refractivity contribution in [3.63, 3.8) is 0 Å². The highest BCUT2D eigenvalue weighted by atomic mass is 16.3. The first-order chi connectivity index (χ1) is 3.48. The second-order valence-electron chi connectivity index (χ2n) is 2.58. The predicted molar refractivity (Wildman–Crippen MR) is 31.5 cm³/mol. The zero-order chi connectivity index (χ0) is 6.78. The normalized spacial score (nSPS) is 15.5. The minimum Gasteiger partial charge on any atom is -0.390 e. The molecule has 0 saturated carbocycles. The molecule has 0 radical (unpaired) electrons. The highest BCUT2D eigenvalue weighted by Crippen LogP contribution is 2.11. The van der Waals surface area contributed by atoms with Gasteiger partial charge >= 0.3 is 0 Å². The standard InChI is InChI=1S/C6H12O2/c1-5(4-7)6(2,3)8/h4-5,8H,1-3H3/t5-/m1/s1. The highest BCUT2D eigenvalue weighted by molar-refractivity contribution is 5.54. The van der Waals surface area contributed by atoms with Crippen LogP contribution in [0.2, 0.25) is 0 Å². The van der Waals surface area contributed by atoms with Crippen LogP contribution in [-0.4, -0.2) is 17.0 Å². The summed E-state index contributed by atoms with van der Waals surface area (Å²) in [6.07, 6.45) is 0.750. The molecule has 0 aliphatic carbocycles. The van der Waals surface area contributed by atoms with Crippen molar-refractivity contribution in [3.8, 4) is 0 Å². The van der Waals surface area contributed by atoms with Crippen molar-refractivity contribution in [2.24, 2.45) is 5.92 Å². The van der Waals surface area contributed by atoms with Gasteiger partial charge in [-0.15, -0.1) is 0 Å². The van der Waals surface area contributed by atoms with Gasteiger partial charge in [0.2, 0.25) is 0 Å². The van der Waals surface area contributed by atoms with Gasteiger partial charge in [0.15, 0.2) is 0 Å². The second kappa shape index (κ2) is 2.27. The van der Waals surface area contributed by atoms with E-state index in [1.54, 1.807) is 20.8 Å². The molecule has 0 aliphatic rings. The molecule has 0 aliphatic heterocycles. The minimum absolute atomic E-state index is 0.275. The van der Waals surface area contributed by atoms with Gasteiger partial charge in [-0.2, -0.15) is 0 Å². The van der Waals surface area contributed by atoms with Gasteiger partial charge in [-0.3, -0.25) is 0 Å². The topological polar surface area (TPSA) is 37.3 Å². The van der Waals surface area contributed by atoms with Crippen molar-refractivity contribution in [2.45, 2.75) is 26.4 Å². The molecule has 2 nitrogen and oxygen atoms in total. The molecule has 0 rings (SSSR count). The summed E-state index contributed by atoms with van der Waals surface area (Å²) in [6, 6.07) is 0. The minimum atomic E-state index is -0.859. The SMILES string of the molecule is C[C@H](C=O)C(C)(C)O. The molecule has 1 N–H and O–H groups in total. The predicted octanol–water partition coefficient (Wildman–Crippen LogP) is 0.592. The maximum absolute atomic E-state index is 9.99. The van der Waals surface area contributed by atoms with Crippen LogP contribution < -0.4 is 0 Å². The van der Waals surface area contributed by atoms with Crippen molar-refractivity contribution >= 4 is 6.29 Å². The molecule has 0 aromatic carbocycles. The first-order valence-electron chi connectivity index (χ1n) is 2.66. The van der Waals surface area contributed by atoms with Gasteiger partial charge in [-0.05, 0) is 13.8 Å². The van der Waals surface area contributed by atoms with Gasteiger partial charge in [0.1, 0.15) is 6.29 Å². The van der Waals surface area contributed by atoms with Crippen LogP contribution in [0.4, 0.5) is 0 Å². The van der Waals surface area contributed by atoms with Crippen LogP contribution in [0.1, 0.15) is 20.8 Å². The fourth-order valence-electron chi connectivity index (χ4n) is 0.167. The number of hydrogen-bond donors (Lipinski definition) is 1. The number of aliphatic hydroxyl groups is 1. The van der Waals surface area contributed by atoms with E-state index in [0.717, 1.165) is 6.29 Å². The molecule has 0 fully saturated rings. The van der Waals surface area contributed by atoms with Crippen molar-refractivity contribution in [1.29, 1.82) is 0 Å². The van der Waals surface area contributed by atoms with Gasteiger partial charge in [-0.1, -0.05) is 6.92 Å². The molecule has 1 atom stereocenters. The van der Waals surface area contributed by atoms with Crippen molar-refractivity contribution < 1.29 is 9.90 Å². The Labute approximate surface area is 49.5 Å². The van der Waals surface area contributed by atoms with Crippen molar-refractivity contribution in [2.75, 3.05) is 0 Å². The number of carbonyl (C=O) groups excluding carboxylic acids is 1. The molecular formula is C6H12O2. The Morgan fingerprint density at radius 3 is 2.00 bits per heavy atom. The molecule has 0 amide bonds. The molecule has 0 bridgehead atoms. The Kier molecular flexibility index (Phi) is 2.16. The van der Waals surface area contributed by atoms with Crippen molar-refractivity contribution in [1.82, 2.24) is 0 Å². The van der Waals surface area contributed by atoms with Crippen LogP contribution in [0.15, 0.2) is 0 Å². The second-order valence-corrected chi connectivity index (χ2v) is 2.58. The van der Waals surface area contributed by atoms with Gasteiger partial charge in [0.05, 0.1) is 5.60 Å². The van der Waals surface area contributed by atoms with E-state index < -0.39 is 5.60 Å². The quantitative estimate of drug-likeness (QED) is 0.536. The first-order valence-corrected chi connectivity index (χ1v) is 2.66. The summed E-state index contributed by atoms with van der Waals surface area (Å²) >= 11 is 0. The molecule has 0 heterocycles. The van der Waals surface area contributed by atoms with Gasteiger partial charge in [0, 0.05) is 5.92 Å². The van der Waals surface area contributed by atoms with E-state index in [9.17, 15) is 4.79 Å². The Bertz CT molecular complexity index is 81.0. The Morgan fingerprint density at radius 1 is 1.62 bits per heavy atom. The average molecular weight is 116 g/mol. The lowest BCUT2D eigenvalue weighted by Crippen LogP contribution is -2.29. The fourth-order valence-corrected chi connectivity index (χ4v) is 0.167. The van der Waals surface area contributed by atoms with Crippen LogP contribution in [0.5, 0.6) is 0 Å². The zero-order valence-corrected chi connectivity index (χ0v) is 5.51. The molecule has 0 spiro atoms. The molecular weight excluding hydrogens is 104 g/mol. The lowest BCUT2D eigenvalue weighted by atomic mass is 9.95. The third kappa shape index (κ3) is 2.07. The molecule has 2 heteroatoms. The third-order valence-corrected chi connectivity index (χ3v) is 1.32. The number of aldehydes is 1. The van der Waals surface area contributed by atoms with E-state index in [2.05, 4.69) is 0 Å². The summed E-state index contributed by atoms with van der Waals surface area (Å²) in [4.78, 5) is 9.99. The lowest BCUT2D eigenvalue weighted by molar-refractivity contribution is -0.116. The zero-order valence-electron chi connectivity index (χ0n) is 5.51. The summed E-state index contributed by atoms with van der Waals surface area (Å²) < 4.78 is 0. The summed E-state index contributed by atoms with van der Waals surface area (Å²) in [7, 11) is 0. The summed E-state index contributed by atoms with van der Waals surface area (Å²) in [5.41, 5.74) is -0.859. The van der Waals surface area contributed by atoms with Crippen LogP contribution >= 0.6 is 0 Å². The number of rotatable bonds is 2. The van der Waals surface area contributed by atoms with E-state index >= 15 is 0 Å². The Morgan fingerprint density at radius 2 is 2.00 bits per heavy atom. The first kappa shape index (κ1) is 7.63. The number of carbonyl (C=O) groups is 1. The van der Waals surface area contributed by atoms with Gasteiger partial charge in [-0.25, -0.2) is 0 Å². The Balaban J connectivity index is 3.80. The molecule has 0 aromatic rings. The average Bonchev–Trinajstić information content (AvgIpc) is 1.62. The molecule has 0 unspecified atom stereocenters. The van der Waals surface area contributed by atoms with Crippen LogP contribution in [0, 0.1) is 5.92 Å². The summed E-state index contributed by atoms with van der Waals surface area (Å²) in [6.45, 7) is 4.92. The molecule has 48 valence electrons. The molecule has 0 saturated heterocycles. The van der Waals surface area contributed by atoms with E-state index in [-0.39, 0.29) is 5.92 Å². The van der Waals surface area contributed by atoms with Gasteiger partial charge in [0.25, 0.3) is 0 Å². The van der Waals surface area contributed by atoms with E-state index in [4.69, 9.17) is 5.11 Å². The maximum atomic E-state index is 9.99. The third-order valence-electron chi connectivity index (χ3n) is 1.32. The monoisotopic (exact) mass is 116 g/mol. The fraction of sp³-hybridized carbons (Fsp3) is 0.833. The van der Waals surface area contributed by atoms with Crippen molar-refractivity contribution in [3.05, 3.63) is 0 Å².